The fraction of sp³-hybridized carbons (Fsp3) is 0.429. The molecule has 2 aromatic heterocycles. The summed E-state index contributed by atoms with van der Waals surface area (Å²) in [6.07, 6.45) is 7.45. The summed E-state index contributed by atoms with van der Waals surface area (Å²) in [7, 11) is 0. The molecule has 122 valence electrons. The van der Waals surface area contributed by atoms with Crippen LogP contribution in [0, 0.1) is 0 Å². The van der Waals surface area contributed by atoms with Crippen LogP contribution < -0.4 is 22.1 Å². The van der Waals surface area contributed by atoms with Crippen molar-refractivity contribution in [2.24, 2.45) is 11.5 Å². The quantitative estimate of drug-likeness (QED) is 0.651. The molecule has 0 radical (unpaired) electrons. The predicted molar refractivity (Wildman–Crippen MR) is 89.8 cm³/mol. The molecule has 0 saturated heterocycles. The van der Waals surface area contributed by atoms with Crippen LogP contribution in [0.4, 0.5) is 16.6 Å². The molecule has 1 aliphatic carbocycles. The number of nitrogens with zero attached hydrogens (tertiary/aromatic N) is 3. The Morgan fingerprint density at radius 3 is 2.83 bits per heavy atom. The van der Waals surface area contributed by atoms with Gasteiger partial charge in [-0.2, -0.15) is 0 Å². The van der Waals surface area contributed by atoms with Crippen LogP contribution in [0.1, 0.15) is 36.2 Å². The van der Waals surface area contributed by atoms with E-state index >= 15 is 0 Å². The minimum absolute atomic E-state index is 0.0943. The first kappa shape index (κ1) is 15.6. The maximum Gasteiger partial charge on any atom is 0.271 e. The van der Waals surface area contributed by atoms with Gasteiger partial charge < -0.3 is 22.1 Å². The van der Waals surface area contributed by atoms with Gasteiger partial charge in [0.1, 0.15) is 10.8 Å². The summed E-state index contributed by atoms with van der Waals surface area (Å²) in [5.74, 6) is 0.255. The third-order valence-electron chi connectivity index (χ3n) is 3.83. The smallest absolute Gasteiger partial charge is 0.271 e. The second kappa shape index (κ2) is 6.88. The van der Waals surface area contributed by atoms with Gasteiger partial charge in [0.05, 0.1) is 17.9 Å². The Bertz CT molecular complexity index is 676. The Hall–Kier alpha value is -2.26. The molecule has 0 bridgehead atoms. The van der Waals surface area contributed by atoms with E-state index in [0.29, 0.717) is 11.6 Å². The van der Waals surface area contributed by atoms with Crippen molar-refractivity contribution in [3.63, 3.8) is 0 Å². The van der Waals surface area contributed by atoms with Crippen LogP contribution >= 0.6 is 11.3 Å². The highest BCUT2D eigenvalue weighted by Crippen LogP contribution is 2.24. The second-order valence-corrected chi connectivity index (χ2v) is 6.39. The molecule has 0 unspecified atom stereocenters. The highest BCUT2D eigenvalue weighted by Gasteiger charge is 2.22. The Kier molecular flexibility index (Phi) is 4.68. The summed E-state index contributed by atoms with van der Waals surface area (Å²) in [6, 6.07) is 0.257. The fourth-order valence-electron chi connectivity index (χ4n) is 2.65. The number of nitrogens with one attached hydrogen (secondary N) is 2. The number of amides is 1. The first-order valence-electron chi connectivity index (χ1n) is 7.48. The van der Waals surface area contributed by atoms with Crippen molar-refractivity contribution in [2.75, 3.05) is 10.6 Å². The lowest BCUT2D eigenvalue weighted by atomic mass is 9.91. The van der Waals surface area contributed by atoms with Crippen molar-refractivity contribution in [2.45, 2.75) is 37.8 Å². The molecule has 23 heavy (non-hydrogen) atoms. The van der Waals surface area contributed by atoms with Gasteiger partial charge in [0, 0.05) is 12.1 Å². The van der Waals surface area contributed by atoms with Crippen molar-refractivity contribution in [1.29, 1.82) is 0 Å². The van der Waals surface area contributed by atoms with Crippen molar-refractivity contribution in [3.05, 3.63) is 23.6 Å². The van der Waals surface area contributed by atoms with Crippen LogP contribution in [-0.2, 0) is 0 Å². The molecule has 1 saturated carbocycles. The van der Waals surface area contributed by atoms with E-state index in [4.69, 9.17) is 11.5 Å². The third-order valence-corrected chi connectivity index (χ3v) is 4.52. The highest BCUT2D eigenvalue weighted by atomic mass is 32.1. The first-order chi connectivity index (χ1) is 11.1. The zero-order valence-electron chi connectivity index (χ0n) is 12.5. The van der Waals surface area contributed by atoms with Crippen LogP contribution in [-0.4, -0.2) is 32.9 Å². The van der Waals surface area contributed by atoms with Gasteiger partial charge >= 0.3 is 0 Å². The molecule has 2 aromatic rings. The monoisotopic (exact) mass is 333 g/mol. The summed E-state index contributed by atoms with van der Waals surface area (Å²) in [6.45, 7) is 0. The third kappa shape index (κ3) is 3.74. The van der Waals surface area contributed by atoms with Gasteiger partial charge in [-0.25, -0.2) is 9.97 Å². The van der Waals surface area contributed by atoms with Gasteiger partial charge in [-0.15, -0.1) is 11.3 Å². The van der Waals surface area contributed by atoms with E-state index < -0.39 is 5.91 Å². The normalized spacial score (nSPS) is 20.9. The Morgan fingerprint density at radius 2 is 2.13 bits per heavy atom. The summed E-state index contributed by atoms with van der Waals surface area (Å²) < 4.78 is 0. The molecule has 2 atom stereocenters. The lowest BCUT2D eigenvalue weighted by Gasteiger charge is -2.29. The van der Waals surface area contributed by atoms with Crippen molar-refractivity contribution in [3.8, 4) is 0 Å². The number of carbonyl (C=O) groups excluding carboxylic acids is 1. The SMILES string of the molecule is NC(=O)c1ncc(N[C@@H]2CCCC[C@@H]2N)nc1Nc1cncs1. The van der Waals surface area contributed by atoms with Crippen LogP contribution in [0.25, 0.3) is 0 Å². The molecule has 9 heteroatoms. The molecule has 6 N–H and O–H groups in total. The number of aromatic nitrogens is 3. The maximum absolute atomic E-state index is 11.5. The number of hydrogen-bond acceptors (Lipinski definition) is 8. The molecular weight excluding hydrogens is 314 g/mol. The topological polar surface area (TPSA) is 132 Å². The minimum atomic E-state index is -0.634. The van der Waals surface area contributed by atoms with Crippen molar-refractivity contribution in [1.82, 2.24) is 15.0 Å². The Balaban J connectivity index is 1.82. The Morgan fingerprint density at radius 1 is 1.30 bits per heavy atom. The minimum Gasteiger partial charge on any atom is -0.364 e. The summed E-state index contributed by atoms with van der Waals surface area (Å²) in [5.41, 5.74) is 13.3. The molecule has 8 nitrogen and oxygen atoms in total. The Labute approximate surface area is 137 Å². The van der Waals surface area contributed by atoms with E-state index in [1.54, 1.807) is 11.7 Å². The first-order valence-corrected chi connectivity index (χ1v) is 8.36. The van der Waals surface area contributed by atoms with E-state index in [9.17, 15) is 4.79 Å². The molecule has 0 aliphatic heterocycles. The average Bonchev–Trinajstić information content (AvgIpc) is 3.02. The molecule has 0 aromatic carbocycles. The van der Waals surface area contributed by atoms with Gasteiger partial charge in [0.2, 0.25) is 0 Å². The number of thiazole rings is 1. The zero-order chi connectivity index (χ0) is 16.2. The van der Waals surface area contributed by atoms with Crippen LogP contribution in [0.3, 0.4) is 0 Å². The van der Waals surface area contributed by atoms with Crippen LogP contribution in [0.5, 0.6) is 0 Å². The number of hydrogen-bond donors (Lipinski definition) is 4. The second-order valence-electron chi connectivity index (χ2n) is 5.51. The lowest BCUT2D eigenvalue weighted by molar-refractivity contribution is 0.0996. The van der Waals surface area contributed by atoms with Crippen molar-refractivity contribution >= 4 is 33.9 Å². The van der Waals surface area contributed by atoms with Gasteiger partial charge in [-0.3, -0.25) is 9.78 Å². The summed E-state index contributed by atoms with van der Waals surface area (Å²) >= 11 is 1.40. The molecular formula is C14H19N7OS. The summed E-state index contributed by atoms with van der Waals surface area (Å²) in [5, 5.41) is 7.10. The standard InChI is InChI=1S/C14H19N7OS/c15-8-3-1-2-4-9(8)19-10-5-18-12(13(16)22)14(20-10)21-11-6-17-7-23-11/h5-9H,1-4,15H2,(H2,16,22)(H2,19,20,21)/t8-,9+/m0/s1. The number of nitrogens with two attached hydrogens (primary N) is 2. The predicted octanol–water partition coefficient (Wildman–Crippen LogP) is 1.46. The van der Waals surface area contributed by atoms with Crippen molar-refractivity contribution < 1.29 is 4.79 Å². The maximum atomic E-state index is 11.5. The van der Waals surface area contributed by atoms with E-state index in [1.165, 1.54) is 17.5 Å². The molecule has 1 fully saturated rings. The molecule has 1 aliphatic rings. The van der Waals surface area contributed by atoms with E-state index in [0.717, 1.165) is 30.7 Å². The average molecular weight is 333 g/mol. The number of carbonyl (C=O) groups is 1. The van der Waals surface area contributed by atoms with Gasteiger partial charge in [0.25, 0.3) is 5.91 Å². The molecule has 3 rings (SSSR count). The van der Waals surface area contributed by atoms with E-state index in [-0.39, 0.29) is 17.8 Å². The lowest BCUT2D eigenvalue weighted by Crippen LogP contribution is -2.42. The van der Waals surface area contributed by atoms with Crippen LogP contribution in [0.15, 0.2) is 17.9 Å². The van der Waals surface area contributed by atoms with E-state index in [1.807, 2.05) is 0 Å². The molecule has 0 spiro atoms. The largest absolute Gasteiger partial charge is 0.364 e. The highest BCUT2D eigenvalue weighted by molar-refractivity contribution is 7.13. The summed E-state index contributed by atoms with van der Waals surface area (Å²) in [4.78, 5) is 24.1. The van der Waals surface area contributed by atoms with Gasteiger partial charge in [0.15, 0.2) is 11.5 Å². The number of rotatable bonds is 5. The van der Waals surface area contributed by atoms with E-state index in [2.05, 4.69) is 25.6 Å². The fourth-order valence-corrected chi connectivity index (χ4v) is 3.16. The molecule has 1 amide bonds. The number of primary amides is 1. The van der Waals surface area contributed by atoms with Gasteiger partial charge in [-0.1, -0.05) is 12.8 Å². The van der Waals surface area contributed by atoms with Gasteiger partial charge in [-0.05, 0) is 12.8 Å². The zero-order valence-corrected chi connectivity index (χ0v) is 13.3. The molecule has 2 heterocycles. The van der Waals surface area contributed by atoms with Crippen LogP contribution in [0.2, 0.25) is 0 Å². The number of anilines is 3.